The fourth-order valence-corrected chi connectivity index (χ4v) is 4.66. The number of fused-ring (bicyclic) bond motifs is 1. The molecule has 2 atom stereocenters. The molecule has 1 aliphatic rings. The van der Waals surface area contributed by atoms with Gasteiger partial charge in [-0.05, 0) is 39.3 Å². The summed E-state index contributed by atoms with van der Waals surface area (Å²) in [7, 11) is 6.21. The minimum absolute atomic E-state index is 0.0290. The first-order valence-electron chi connectivity index (χ1n) is 11.3. The van der Waals surface area contributed by atoms with E-state index in [1.54, 1.807) is 4.57 Å². The molecule has 3 aromatic heterocycles. The van der Waals surface area contributed by atoms with Gasteiger partial charge in [-0.2, -0.15) is 10.2 Å². The van der Waals surface area contributed by atoms with Crippen LogP contribution in [0.5, 0.6) is 0 Å². The van der Waals surface area contributed by atoms with Crippen LogP contribution in [0.4, 0.5) is 11.6 Å². The second-order valence-electron chi connectivity index (χ2n) is 10.4. The molecule has 1 aliphatic heterocycles. The first-order chi connectivity index (χ1) is 15.0. The minimum atomic E-state index is -0.126. The largest absolute Gasteiger partial charge is 0.382 e. The summed E-state index contributed by atoms with van der Waals surface area (Å²) in [5, 5.41) is 12.4. The quantitative estimate of drug-likeness (QED) is 0.633. The average Bonchev–Trinajstić information content (AvgIpc) is 3.40. The van der Waals surface area contributed by atoms with Crippen molar-refractivity contribution in [2.75, 3.05) is 37.8 Å². The summed E-state index contributed by atoms with van der Waals surface area (Å²) in [6.07, 6.45) is 4.26. The van der Waals surface area contributed by atoms with Gasteiger partial charge in [0.15, 0.2) is 5.82 Å². The Kier molecular flexibility index (Phi) is 5.56. The van der Waals surface area contributed by atoms with Gasteiger partial charge >= 0.3 is 0 Å². The number of aromatic amines is 1. The Balaban J connectivity index is 1.85. The third kappa shape index (κ3) is 3.79. The van der Waals surface area contributed by atoms with Crippen LogP contribution in [0.1, 0.15) is 46.6 Å². The number of hydrogen-bond acceptors (Lipinski definition) is 6. The molecule has 0 radical (unpaired) electrons. The van der Waals surface area contributed by atoms with Crippen LogP contribution in [-0.4, -0.2) is 62.7 Å². The van der Waals surface area contributed by atoms with Crippen molar-refractivity contribution in [1.82, 2.24) is 29.4 Å². The Morgan fingerprint density at radius 3 is 2.72 bits per heavy atom. The average molecular weight is 441 g/mol. The van der Waals surface area contributed by atoms with Crippen molar-refractivity contribution < 1.29 is 0 Å². The van der Waals surface area contributed by atoms with Crippen LogP contribution in [0, 0.1) is 5.41 Å². The molecule has 0 aliphatic carbocycles. The van der Waals surface area contributed by atoms with Crippen molar-refractivity contribution in [2.24, 2.45) is 12.5 Å². The molecular formula is C23H36N8O. The summed E-state index contributed by atoms with van der Waals surface area (Å²) in [6.45, 7) is 10.5. The monoisotopic (exact) mass is 440 g/mol. The number of rotatable bonds is 5. The Morgan fingerprint density at radius 1 is 1.34 bits per heavy atom. The molecule has 0 aromatic carbocycles. The van der Waals surface area contributed by atoms with Crippen LogP contribution in [0.15, 0.2) is 17.1 Å². The van der Waals surface area contributed by atoms with Crippen LogP contribution in [0.25, 0.3) is 22.2 Å². The first-order valence-corrected chi connectivity index (χ1v) is 11.3. The second-order valence-corrected chi connectivity index (χ2v) is 10.4. The minimum Gasteiger partial charge on any atom is -0.382 e. The van der Waals surface area contributed by atoms with Gasteiger partial charge < -0.3 is 20.1 Å². The predicted octanol–water partition coefficient (Wildman–Crippen LogP) is 2.84. The summed E-state index contributed by atoms with van der Waals surface area (Å²) >= 11 is 0. The normalized spacial score (nSPS) is 18.2. The third-order valence-corrected chi connectivity index (χ3v) is 6.83. The molecule has 1 fully saturated rings. The first kappa shape index (κ1) is 22.4. The molecule has 0 saturated carbocycles. The molecule has 174 valence electrons. The van der Waals surface area contributed by atoms with Gasteiger partial charge in [0.05, 0.1) is 11.2 Å². The number of nitrogens with one attached hydrogen (secondary N) is 1. The van der Waals surface area contributed by atoms with Gasteiger partial charge in [0.25, 0.3) is 5.56 Å². The van der Waals surface area contributed by atoms with Crippen molar-refractivity contribution in [1.29, 1.82) is 0 Å². The van der Waals surface area contributed by atoms with Crippen LogP contribution >= 0.6 is 0 Å². The highest BCUT2D eigenvalue weighted by molar-refractivity contribution is 5.97. The fraction of sp³-hybridized carbons (Fsp3) is 0.609. The molecule has 4 heterocycles. The molecule has 9 heteroatoms. The van der Waals surface area contributed by atoms with E-state index < -0.39 is 0 Å². The van der Waals surface area contributed by atoms with Crippen LogP contribution in [0.2, 0.25) is 0 Å². The Labute approximate surface area is 189 Å². The highest BCUT2D eigenvalue weighted by Crippen LogP contribution is 2.35. The van der Waals surface area contributed by atoms with Gasteiger partial charge in [-0.3, -0.25) is 14.6 Å². The summed E-state index contributed by atoms with van der Waals surface area (Å²) < 4.78 is 3.72. The van der Waals surface area contributed by atoms with E-state index in [-0.39, 0.29) is 22.8 Å². The standard InChI is InChI=1S/C23H36N8O/c1-14(23(2,3)4)31-13-16(20-19(22(31)32)21(24)26-25-20)17-11-18(29(7)27-17)30-10-8-9-15(30)12-28(5)6/h11,13-15H,8-10,12H2,1-7H3,(H3,24,25,26). The van der Waals surface area contributed by atoms with E-state index in [1.807, 2.05) is 17.9 Å². The lowest BCUT2D eigenvalue weighted by Crippen LogP contribution is -2.38. The number of anilines is 2. The van der Waals surface area contributed by atoms with Crippen LogP contribution in [-0.2, 0) is 7.05 Å². The zero-order chi connectivity index (χ0) is 23.4. The third-order valence-electron chi connectivity index (χ3n) is 6.83. The number of likely N-dealkylation sites (N-methyl/N-ethyl adjacent to an activating group) is 1. The predicted molar refractivity (Wildman–Crippen MR) is 130 cm³/mol. The molecule has 3 aromatic rings. The highest BCUT2D eigenvalue weighted by Gasteiger charge is 2.29. The number of hydrogen-bond donors (Lipinski definition) is 2. The molecule has 3 N–H and O–H groups in total. The molecule has 0 bridgehead atoms. The van der Waals surface area contributed by atoms with Gasteiger partial charge in [-0.25, -0.2) is 0 Å². The molecule has 9 nitrogen and oxygen atoms in total. The number of pyridine rings is 1. The molecule has 4 rings (SSSR count). The molecule has 1 saturated heterocycles. The van der Waals surface area contributed by atoms with Crippen molar-refractivity contribution in [2.45, 2.75) is 52.6 Å². The topological polar surface area (TPSA) is 101 Å². The molecule has 32 heavy (non-hydrogen) atoms. The molecular weight excluding hydrogens is 404 g/mol. The maximum atomic E-state index is 13.3. The maximum Gasteiger partial charge on any atom is 0.264 e. The fourth-order valence-electron chi connectivity index (χ4n) is 4.66. The van der Waals surface area contributed by atoms with Crippen LogP contribution in [0.3, 0.4) is 0 Å². The lowest BCUT2D eigenvalue weighted by molar-refractivity contribution is 0.258. The lowest BCUT2D eigenvalue weighted by atomic mass is 9.87. The van der Waals surface area contributed by atoms with E-state index in [2.05, 4.69) is 67.9 Å². The van der Waals surface area contributed by atoms with Gasteiger partial charge in [-0.1, -0.05) is 20.8 Å². The number of nitrogens with two attached hydrogens (primary N) is 1. The lowest BCUT2D eigenvalue weighted by Gasteiger charge is -2.29. The summed E-state index contributed by atoms with van der Waals surface area (Å²) in [4.78, 5) is 18.0. The van der Waals surface area contributed by atoms with Gasteiger partial charge in [-0.15, -0.1) is 0 Å². The summed E-state index contributed by atoms with van der Waals surface area (Å²) in [5.74, 6) is 1.31. The maximum absolute atomic E-state index is 13.3. The SMILES string of the molecule is CC(n1cc(-c2cc(N3CCCC3CN(C)C)n(C)n2)c2[nH]nc(N)c2c1=O)C(C)(C)C. The smallest absolute Gasteiger partial charge is 0.264 e. The van der Waals surface area contributed by atoms with Crippen molar-refractivity contribution in [3.8, 4) is 11.3 Å². The Morgan fingerprint density at radius 2 is 2.06 bits per heavy atom. The van der Waals surface area contributed by atoms with Crippen molar-refractivity contribution in [3.63, 3.8) is 0 Å². The van der Waals surface area contributed by atoms with Gasteiger partial charge in [0, 0.05) is 50.0 Å². The van der Waals surface area contributed by atoms with E-state index in [9.17, 15) is 4.79 Å². The molecule has 0 spiro atoms. The van der Waals surface area contributed by atoms with E-state index in [4.69, 9.17) is 10.8 Å². The number of nitrogen functional groups attached to an aromatic ring is 1. The molecule has 0 amide bonds. The highest BCUT2D eigenvalue weighted by atomic mass is 16.1. The number of H-pyrrole nitrogens is 1. The zero-order valence-corrected chi connectivity index (χ0v) is 20.3. The van der Waals surface area contributed by atoms with Crippen LogP contribution < -0.4 is 16.2 Å². The van der Waals surface area contributed by atoms with E-state index in [1.165, 1.54) is 12.8 Å². The Bertz CT molecular complexity index is 1180. The zero-order valence-electron chi connectivity index (χ0n) is 20.3. The van der Waals surface area contributed by atoms with Gasteiger partial charge in [0.1, 0.15) is 11.2 Å². The summed E-state index contributed by atoms with van der Waals surface area (Å²) in [6, 6.07) is 2.56. The van der Waals surface area contributed by atoms with E-state index >= 15 is 0 Å². The van der Waals surface area contributed by atoms with Crippen molar-refractivity contribution in [3.05, 3.63) is 22.6 Å². The number of aromatic nitrogens is 5. The number of nitrogens with zero attached hydrogens (tertiary/aromatic N) is 6. The van der Waals surface area contributed by atoms with Crippen molar-refractivity contribution >= 4 is 22.5 Å². The molecule has 2 unspecified atom stereocenters. The second kappa shape index (κ2) is 7.95. The van der Waals surface area contributed by atoms with E-state index in [0.29, 0.717) is 16.9 Å². The van der Waals surface area contributed by atoms with E-state index in [0.717, 1.165) is 30.2 Å². The summed E-state index contributed by atoms with van der Waals surface area (Å²) in [5.41, 5.74) is 8.17. The number of aryl methyl sites for hydroxylation is 1. The Hall–Kier alpha value is -2.81. The van der Waals surface area contributed by atoms with Gasteiger partial charge in [0.2, 0.25) is 0 Å².